The van der Waals surface area contributed by atoms with E-state index in [1.165, 1.54) is 57.8 Å². The Balaban J connectivity index is 3.31. The van der Waals surface area contributed by atoms with Crippen molar-refractivity contribution in [2.75, 3.05) is 12.4 Å². The molecule has 0 spiro atoms. The van der Waals surface area contributed by atoms with Crippen LogP contribution in [-0.4, -0.2) is 24.5 Å². The Kier molecular flexibility index (Phi) is 14.9. The summed E-state index contributed by atoms with van der Waals surface area (Å²) in [6, 6.07) is 0. The van der Waals surface area contributed by atoms with Crippen LogP contribution in [0, 0.1) is 0 Å². The van der Waals surface area contributed by atoms with Gasteiger partial charge in [0.1, 0.15) is 12.0 Å². The zero-order chi connectivity index (χ0) is 15.1. The van der Waals surface area contributed by atoms with E-state index < -0.39 is 0 Å². The molecule has 0 aromatic heterocycles. The largest absolute Gasteiger partial charge is 0.460 e. The molecule has 0 heterocycles. The monoisotopic (exact) mass is 305 g/mol. The molecule has 0 saturated heterocycles. The number of carbonyl (C=O) groups is 1. The Morgan fingerprint density at radius 2 is 1.50 bits per heavy atom. The minimum atomic E-state index is -0.366. The Morgan fingerprint density at radius 1 is 1.00 bits per heavy atom. The third kappa shape index (κ3) is 12.7. The first-order valence-electron chi connectivity index (χ1n) is 8.20. The highest BCUT2D eigenvalue weighted by Crippen LogP contribution is 2.12. The summed E-state index contributed by atoms with van der Waals surface area (Å²) < 4.78 is 5.14. The summed E-state index contributed by atoms with van der Waals surface area (Å²) in [6.45, 7) is 2.64. The molecule has 0 radical (unpaired) electrons. The van der Waals surface area contributed by atoms with Crippen LogP contribution in [0.15, 0.2) is 0 Å². The molecule has 1 unspecified atom stereocenters. The fourth-order valence-corrected chi connectivity index (χ4v) is 2.36. The van der Waals surface area contributed by atoms with Gasteiger partial charge in [0.25, 0.3) is 0 Å². The lowest BCUT2D eigenvalue weighted by Crippen LogP contribution is -2.27. The zero-order valence-electron chi connectivity index (χ0n) is 13.0. The van der Waals surface area contributed by atoms with E-state index in [-0.39, 0.29) is 18.0 Å². The van der Waals surface area contributed by atoms with Crippen LogP contribution in [0.3, 0.4) is 0 Å². The summed E-state index contributed by atoms with van der Waals surface area (Å²) in [5, 5.41) is 0. The topological polar surface area (TPSA) is 52.3 Å². The molecule has 120 valence electrons. The van der Waals surface area contributed by atoms with Crippen LogP contribution >= 0.6 is 11.6 Å². The summed E-state index contributed by atoms with van der Waals surface area (Å²) >= 11 is 5.40. The molecule has 0 saturated carbocycles. The predicted molar refractivity (Wildman–Crippen MR) is 86.1 cm³/mol. The molecule has 1 atom stereocenters. The number of rotatable bonds is 14. The van der Waals surface area contributed by atoms with E-state index in [4.69, 9.17) is 22.1 Å². The molecule has 2 N–H and O–H groups in total. The number of hydrogen-bond donors (Lipinski definition) is 1. The molecule has 0 amide bonds. The van der Waals surface area contributed by atoms with Crippen LogP contribution in [0.5, 0.6) is 0 Å². The number of nitrogens with two attached hydrogens (primary N) is 1. The van der Waals surface area contributed by atoms with E-state index in [1.54, 1.807) is 0 Å². The van der Waals surface area contributed by atoms with Gasteiger partial charge in [-0.05, 0) is 12.8 Å². The highest BCUT2D eigenvalue weighted by atomic mass is 35.5. The fourth-order valence-electron chi connectivity index (χ4n) is 2.30. The number of unbranched alkanes of at least 4 members (excludes halogenated alkanes) is 9. The first kappa shape index (κ1) is 19.7. The summed E-state index contributed by atoms with van der Waals surface area (Å²) in [5.41, 5.74) is 5.58. The molecular weight excluding hydrogens is 274 g/mol. The fraction of sp³-hybridized carbons (Fsp3) is 0.938. The molecule has 4 heteroatoms. The van der Waals surface area contributed by atoms with Crippen molar-refractivity contribution >= 4 is 17.6 Å². The maximum atomic E-state index is 11.1. The molecule has 0 aromatic rings. The smallest absolute Gasteiger partial charge is 0.321 e. The molecule has 0 rings (SSSR count). The van der Waals surface area contributed by atoms with Crippen molar-refractivity contribution in [3.63, 3.8) is 0 Å². The number of alkyl halides is 1. The van der Waals surface area contributed by atoms with Gasteiger partial charge in [0.2, 0.25) is 0 Å². The number of halogens is 1. The van der Waals surface area contributed by atoms with Crippen LogP contribution < -0.4 is 5.73 Å². The average Bonchev–Trinajstić information content (AvgIpc) is 2.47. The van der Waals surface area contributed by atoms with Crippen molar-refractivity contribution in [3.8, 4) is 0 Å². The molecule has 3 nitrogen and oxygen atoms in total. The van der Waals surface area contributed by atoms with Gasteiger partial charge in [0, 0.05) is 6.54 Å². The minimum Gasteiger partial charge on any atom is -0.460 e. The predicted octanol–water partition coefficient (Wildman–Crippen LogP) is 4.41. The van der Waals surface area contributed by atoms with Gasteiger partial charge in [-0.25, -0.2) is 0 Å². The van der Waals surface area contributed by atoms with Crippen molar-refractivity contribution in [1.82, 2.24) is 0 Å². The normalized spacial score (nSPS) is 12.3. The molecule has 0 aliphatic rings. The molecule has 0 aliphatic heterocycles. The lowest BCUT2D eigenvalue weighted by atomic mass is 10.0. The summed E-state index contributed by atoms with van der Waals surface area (Å²) in [7, 11) is 0. The minimum absolute atomic E-state index is 0.0888. The Morgan fingerprint density at radius 3 is 1.95 bits per heavy atom. The van der Waals surface area contributed by atoms with E-state index in [0.717, 1.165) is 12.8 Å². The van der Waals surface area contributed by atoms with Gasteiger partial charge in [-0.3, -0.25) is 4.79 Å². The van der Waals surface area contributed by atoms with Crippen molar-refractivity contribution < 1.29 is 9.53 Å². The maximum absolute atomic E-state index is 11.1. The lowest BCUT2D eigenvalue weighted by Gasteiger charge is -2.15. The second-order valence-electron chi connectivity index (χ2n) is 5.45. The highest BCUT2D eigenvalue weighted by molar-refractivity contribution is 6.26. The standard InChI is InChI=1S/C16H32ClNO2/c1-2-3-4-5-6-7-8-9-10-11-12-15(14-18)20-16(19)13-17/h15H,2-14,18H2,1H3. The Bertz CT molecular complexity index is 225. The first-order valence-corrected chi connectivity index (χ1v) is 8.73. The first-order chi connectivity index (χ1) is 9.74. The van der Waals surface area contributed by atoms with E-state index in [0.29, 0.717) is 6.54 Å². The van der Waals surface area contributed by atoms with E-state index in [2.05, 4.69) is 6.92 Å². The molecule has 0 bridgehead atoms. The van der Waals surface area contributed by atoms with Gasteiger partial charge in [0.15, 0.2) is 0 Å². The van der Waals surface area contributed by atoms with Crippen LogP contribution in [0.4, 0.5) is 0 Å². The second kappa shape index (κ2) is 15.1. The Hall–Kier alpha value is -0.280. The second-order valence-corrected chi connectivity index (χ2v) is 5.72. The van der Waals surface area contributed by atoms with Crippen molar-refractivity contribution in [1.29, 1.82) is 0 Å². The van der Waals surface area contributed by atoms with Crippen LogP contribution in [0.25, 0.3) is 0 Å². The van der Waals surface area contributed by atoms with Gasteiger partial charge in [-0.1, -0.05) is 64.7 Å². The summed E-state index contributed by atoms with van der Waals surface area (Å²) in [6.07, 6.45) is 13.8. The van der Waals surface area contributed by atoms with Gasteiger partial charge < -0.3 is 10.5 Å². The van der Waals surface area contributed by atoms with Gasteiger partial charge in [0.05, 0.1) is 0 Å². The maximum Gasteiger partial charge on any atom is 0.321 e. The van der Waals surface area contributed by atoms with Gasteiger partial charge in [-0.15, -0.1) is 11.6 Å². The molecule has 20 heavy (non-hydrogen) atoms. The number of ether oxygens (including phenoxy) is 1. The van der Waals surface area contributed by atoms with Crippen molar-refractivity contribution in [2.45, 2.75) is 83.7 Å². The third-order valence-electron chi connectivity index (χ3n) is 3.55. The van der Waals surface area contributed by atoms with Crippen molar-refractivity contribution in [3.05, 3.63) is 0 Å². The molecule has 0 aliphatic carbocycles. The quantitative estimate of drug-likeness (QED) is 0.294. The Labute approximate surface area is 129 Å². The van der Waals surface area contributed by atoms with E-state index in [1.807, 2.05) is 0 Å². The third-order valence-corrected chi connectivity index (χ3v) is 3.77. The molecule has 0 aromatic carbocycles. The van der Waals surface area contributed by atoms with E-state index >= 15 is 0 Å². The number of hydrogen-bond acceptors (Lipinski definition) is 3. The summed E-state index contributed by atoms with van der Waals surface area (Å²) in [4.78, 5) is 11.1. The molecular formula is C16H32ClNO2. The van der Waals surface area contributed by atoms with Crippen molar-refractivity contribution in [2.24, 2.45) is 5.73 Å². The van der Waals surface area contributed by atoms with Crippen LogP contribution in [-0.2, 0) is 9.53 Å². The zero-order valence-corrected chi connectivity index (χ0v) is 13.8. The number of carbonyl (C=O) groups excluding carboxylic acids is 1. The SMILES string of the molecule is CCCCCCCCCCCCC(CN)OC(=O)CCl. The van der Waals surface area contributed by atoms with E-state index in [9.17, 15) is 4.79 Å². The summed E-state index contributed by atoms with van der Waals surface area (Å²) in [5.74, 6) is -0.455. The van der Waals surface area contributed by atoms with Crippen LogP contribution in [0.2, 0.25) is 0 Å². The van der Waals surface area contributed by atoms with Gasteiger partial charge in [-0.2, -0.15) is 0 Å². The van der Waals surface area contributed by atoms with Crippen LogP contribution in [0.1, 0.15) is 77.6 Å². The lowest BCUT2D eigenvalue weighted by molar-refractivity contribution is -0.145. The average molecular weight is 306 g/mol. The van der Waals surface area contributed by atoms with Gasteiger partial charge >= 0.3 is 5.97 Å². The highest BCUT2D eigenvalue weighted by Gasteiger charge is 2.11. The molecule has 0 fully saturated rings. The number of esters is 1.